The summed E-state index contributed by atoms with van der Waals surface area (Å²) in [5, 5.41) is 6.67. The first-order chi connectivity index (χ1) is 24.7. The van der Waals surface area contributed by atoms with Crippen LogP contribution in [0.4, 0.5) is 0 Å². The predicted molar refractivity (Wildman–Crippen MR) is 193 cm³/mol. The highest BCUT2D eigenvalue weighted by Crippen LogP contribution is 2.29. The Morgan fingerprint density at radius 2 is 0.940 bits per heavy atom. The van der Waals surface area contributed by atoms with Crippen LogP contribution in [0.25, 0.3) is 0 Å². The molecule has 3 atom stereocenters. The molecule has 0 bridgehead atoms. The van der Waals surface area contributed by atoms with Crippen molar-refractivity contribution in [3.8, 4) is 0 Å². The second-order valence-electron chi connectivity index (χ2n) is 11.3. The molecule has 2 unspecified atom stereocenters. The second-order valence-corrected chi connectivity index (χ2v) is 12.5. The van der Waals surface area contributed by atoms with Gasteiger partial charge in [-0.05, 0) is 26.8 Å². The Bertz CT molecular complexity index is 722. The lowest BCUT2D eigenvalue weighted by atomic mass is 10.0. The van der Waals surface area contributed by atoms with Gasteiger partial charge in [0.05, 0.1) is 139 Å². The van der Waals surface area contributed by atoms with E-state index in [1.807, 2.05) is 25.7 Å². The van der Waals surface area contributed by atoms with Crippen molar-refractivity contribution >= 4 is 17.7 Å². The average molecular weight is 744 g/mol. The molecule has 1 amide bonds. The maximum atomic E-state index is 12.0. The van der Waals surface area contributed by atoms with Crippen molar-refractivity contribution in [2.24, 2.45) is 5.73 Å². The molecule has 4 N–H and O–H groups in total. The van der Waals surface area contributed by atoms with Gasteiger partial charge in [0.1, 0.15) is 0 Å². The maximum Gasteiger partial charge on any atom is 0.220 e. The number of nitrogens with two attached hydrogens (primary N) is 1. The fourth-order valence-corrected chi connectivity index (χ4v) is 6.17. The van der Waals surface area contributed by atoms with Gasteiger partial charge < -0.3 is 68.5 Å². The lowest BCUT2D eigenvalue weighted by Gasteiger charge is -2.18. The number of rotatable bonds is 40. The number of ether oxygens (including phenoxy) is 11. The molecule has 1 heterocycles. The van der Waals surface area contributed by atoms with E-state index in [0.29, 0.717) is 170 Å². The van der Waals surface area contributed by atoms with Gasteiger partial charge in [0.25, 0.3) is 0 Å². The minimum Gasteiger partial charge on any atom is -0.379 e. The third-order valence-electron chi connectivity index (χ3n) is 7.39. The standard InChI is InChI=1S/C34H69N3O12S/c1-3-39-10-11-41-14-15-43-18-19-45-22-23-47-26-27-49-29-28-48-25-24-46-21-20-44-17-16-42-13-12-40-9-8-37-33(38)7-5-4-6-32-34(35)31(36-2)30-50-32/h31-32,34,36H,3-30,35H2,1-2H3,(H,37,38)/t31?,32-,34?/m0/s1. The zero-order chi connectivity index (χ0) is 36.0. The van der Waals surface area contributed by atoms with E-state index in [1.54, 1.807) is 0 Å². The quantitative estimate of drug-likeness (QED) is 0.0757. The Hall–Kier alpha value is -0.700. The molecule has 15 nitrogen and oxygen atoms in total. The molecule has 1 saturated heterocycles. The van der Waals surface area contributed by atoms with Crippen LogP contribution in [0.2, 0.25) is 0 Å². The molecule has 0 saturated carbocycles. The Morgan fingerprint density at radius 3 is 1.28 bits per heavy atom. The first-order valence-corrected chi connectivity index (χ1v) is 19.4. The van der Waals surface area contributed by atoms with Crippen LogP contribution >= 0.6 is 11.8 Å². The van der Waals surface area contributed by atoms with Gasteiger partial charge in [0.2, 0.25) is 5.91 Å². The number of hydrogen-bond acceptors (Lipinski definition) is 15. The Morgan fingerprint density at radius 1 is 0.580 bits per heavy atom. The second kappa shape index (κ2) is 38.0. The van der Waals surface area contributed by atoms with Crippen molar-refractivity contribution in [3.63, 3.8) is 0 Å². The molecular formula is C34H69N3O12S. The van der Waals surface area contributed by atoms with Crippen molar-refractivity contribution in [3.05, 3.63) is 0 Å². The molecule has 1 rings (SSSR count). The average Bonchev–Trinajstić information content (AvgIpc) is 3.48. The summed E-state index contributed by atoms with van der Waals surface area (Å²) in [5.41, 5.74) is 6.28. The first-order valence-electron chi connectivity index (χ1n) is 18.3. The number of nitrogens with one attached hydrogen (secondary N) is 2. The van der Waals surface area contributed by atoms with Crippen molar-refractivity contribution in [1.29, 1.82) is 0 Å². The highest BCUT2D eigenvalue weighted by atomic mass is 32.2. The molecule has 16 heteroatoms. The highest BCUT2D eigenvalue weighted by molar-refractivity contribution is 8.00. The van der Waals surface area contributed by atoms with Crippen molar-refractivity contribution in [1.82, 2.24) is 10.6 Å². The molecule has 1 fully saturated rings. The van der Waals surface area contributed by atoms with E-state index in [-0.39, 0.29) is 11.9 Å². The molecule has 0 aromatic heterocycles. The van der Waals surface area contributed by atoms with Crippen LogP contribution in [-0.2, 0) is 56.9 Å². The largest absolute Gasteiger partial charge is 0.379 e. The monoisotopic (exact) mass is 743 g/mol. The molecule has 0 spiro atoms. The van der Waals surface area contributed by atoms with Crippen LogP contribution in [0.5, 0.6) is 0 Å². The fraction of sp³-hybridized carbons (Fsp3) is 0.971. The van der Waals surface area contributed by atoms with Gasteiger partial charge in [-0.2, -0.15) is 11.8 Å². The summed E-state index contributed by atoms with van der Waals surface area (Å²) in [4.78, 5) is 12.0. The topological polar surface area (TPSA) is 169 Å². The minimum absolute atomic E-state index is 0.0711. The van der Waals surface area contributed by atoms with Crippen LogP contribution < -0.4 is 16.4 Å². The summed E-state index contributed by atoms with van der Waals surface area (Å²) in [6, 6.07) is 0.595. The fourth-order valence-electron chi connectivity index (χ4n) is 4.59. The zero-order valence-corrected chi connectivity index (χ0v) is 31.7. The molecule has 0 aliphatic carbocycles. The molecule has 298 valence electrons. The van der Waals surface area contributed by atoms with Crippen molar-refractivity contribution < 1.29 is 56.9 Å². The third-order valence-corrected chi connectivity index (χ3v) is 8.92. The van der Waals surface area contributed by atoms with Gasteiger partial charge in [0, 0.05) is 42.7 Å². The molecular weight excluding hydrogens is 674 g/mol. The van der Waals surface area contributed by atoms with Crippen LogP contribution in [0.1, 0.15) is 32.6 Å². The highest BCUT2D eigenvalue weighted by Gasteiger charge is 2.32. The van der Waals surface area contributed by atoms with E-state index in [2.05, 4.69) is 10.6 Å². The molecule has 1 aliphatic rings. The van der Waals surface area contributed by atoms with Crippen LogP contribution in [-0.4, -0.2) is 188 Å². The number of unbranched alkanes of at least 4 members (excludes halogenated alkanes) is 1. The summed E-state index contributed by atoms with van der Waals surface area (Å²) in [6.45, 7) is 14.0. The third kappa shape index (κ3) is 30.9. The van der Waals surface area contributed by atoms with Gasteiger partial charge >= 0.3 is 0 Å². The smallest absolute Gasteiger partial charge is 0.220 e. The van der Waals surface area contributed by atoms with Gasteiger partial charge in [0.15, 0.2) is 0 Å². The first kappa shape index (κ1) is 47.3. The summed E-state index contributed by atoms with van der Waals surface area (Å²) < 4.78 is 59.9. The van der Waals surface area contributed by atoms with Crippen LogP contribution in [0, 0.1) is 0 Å². The molecule has 50 heavy (non-hydrogen) atoms. The normalized spacial score (nSPS) is 17.5. The molecule has 1 aliphatic heterocycles. The maximum absolute atomic E-state index is 12.0. The SMILES string of the molecule is CCOCCOCCOCCOCCOCCOCCOCCOCCOCCOCCOCCNC(=O)CCCC[C@@H]1SCC(NC)C1N. The summed E-state index contributed by atoms with van der Waals surface area (Å²) >= 11 is 1.94. The van der Waals surface area contributed by atoms with E-state index in [0.717, 1.165) is 25.0 Å². The van der Waals surface area contributed by atoms with Crippen LogP contribution in [0.15, 0.2) is 0 Å². The van der Waals surface area contributed by atoms with Crippen molar-refractivity contribution in [2.75, 3.05) is 165 Å². The van der Waals surface area contributed by atoms with E-state index in [9.17, 15) is 4.79 Å². The zero-order valence-electron chi connectivity index (χ0n) is 30.9. The van der Waals surface area contributed by atoms with Crippen LogP contribution in [0.3, 0.4) is 0 Å². The molecule has 0 aromatic rings. The Kier molecular flexibility index (Phi) is 36.0. The van der Waals surface area contributed by atoms with E-state index < -0.39 is 0 Å². The molecule has 0 aromatic carbocycles. The minimum atomic E-state index is 0.0711. The van der Waals surface area contributed by atoms with Gasteiger partial charge in [-0.15, -0.1) is 0 Å². The van der Waals surface area contributed by atoms with Gasteiger partial charge in [-0.1, -0.05) is 6.42 Å². The number of carbonyl (C=O) groups is 1. The van der Waals surface area contributed by atoms with E-state index in [4.69, 9.17) is 57.8 Å². The summed E-state index contributed by atoms with van der Waals surface area (Å²) in [5.74, 6) is 1.14. The number of hydrogen-bond donors (Lipinski definition) is 3. The summed E-state index contributed by atoms with van der Waals surface area (Å²) in [7, 11) is 1.97. The number of thioether (sulfide) groups is 1. The van der Waals surface area contributed by atoms with Gasteiger partial charge in [-0.25, -0.2) is 0 Å². The molecule has 0 radical (unpaired) electrons. The van der Waals surface area contributed by atoms with E-state index >= 15 is 0 Å². The lowest BCUT2D eigenvalue weighted by molar-refractivity contribution is -0.121. The predicted octanol–water partition coefficient (Wildman–Crippen LogP) is 0.896. The van der Waals surface area contributed by atoms with Crippen molar-refractivity contribution in [2.45, 2.75) is 49.9 Å². The number of amides is 1. The number of likely N-dealkylation sites (N-methyl/N-ethyl adjacent to an activating group) is 1. The Labute approximate surface area is 305 Å². The summed E-state index contributed by atoms with van der Waals surface area (Å²) in [6.07, 6.45) is 3.51. The Balaban J connectivity index is 1.65. The lowest BCUT2D eigenvalue weighted by Crippen LogP contribution is -2.45. The number of carbonyl (C=O) groups excluding carboxylic acids is 1. The van der Waals surface area contributed by atoms with Gasteiger partial charge in [-0.3, -0.25) is 4.79 Å². The van der Waals surface area contributed by atoms with E-state index in [1.165, 1.54) is 0 Å².